The lowest BCUT2D eigenvalue weighted by molar-refractivity contribution is 0.283. The molecule has 0 bridgehead atoms. The highest BCUT2D eigenvalue weighted by Gasteiger charge is 2.45. The average molecular weight is 497 g/mol. The molecule has 4 N–H and O–H groups in total. The third kappa shape index (κ3) is 9.19. The molecule has 7 nitrogen and oxygen atoms in total. The Kier molecular flexibility index (Phi) is 7.84. The molecule has 0 saturated heterocycles. The maximum Gasteiger partial charge on any atom is 0.383 e. The van der Waals surface area contributed by atoms with Crippen LogP contribution in [0.1, 0.15) is 0 Å². The predicted molar refractivity (Wildman–Crippen MR) is 136 cm³/mol. The fourth-order valence-electron chi connectivity index (χ4n) is 3.50. The van der Waals surface area contributed by atoms with Crippen molar-refractivity contribution in [2.75, 3.05) is 11.5 Å². The molecule has 2 aromatic rings. The van der Waals surface area contributed by atoms with Gasteiger partial charge in [-0.2, -0.15) is 0 Å². The van der Waals surface area contributed by atoms with E-state index in [0.29, 0.717) is 11.4 Å². The van der Waals surface area contributed by atoms with Crippen LogP contribution in [0.3, 0.4) is 0 Å². The van der Waals surface area contributed by atoms with E-state index in [9.17, 15) is 0 Å². The molecule has 0 heterocycles. The second kappa shape index (κ2) is 9.48. The van der Waals surface area contributed by atoms with Crippen LogP contribution in [0.2, 0.25) is 52.4 Å². The Bertz CT molecular complexity index is 787. The Labute approximate surface area is 190 Å². The molecule has 0 aliphatic carbocycles. The van der Waals surface area contributed by atoms with Gasteiger partial charge in [-0.25, -0.2) is 0 Å². The van der Waals surface area contributed by atoms with Crippen molar-refractivity contribution < 1.29 is 21.2 Å². The van der Waals surface area contributed by atoms with E-state index in [4.69, 9.17) is 32.7 Å². The Morgan fingerprint density at radius 1 is 0.452 bits per heavy atom. The molecule has 0 amide bonds. The summed E-state index contributed by atoms with van der Waals surface area (Å²) in [4.78, 5) is 0. The third-order valence-corrected chi connectivity index (χ3v) is 17.2. The van der Waals surface area contributed by atoms with Gasteiger partial charge in [0.2, 0.25) is 0 Å². The minimum Gasteiger partial charge on any atom is -0.521 e. The highest BCUT2D eigenvalue weighted by Crippen LogP contribution is 2.27. The molecular weight excluding hydrogens is 461 g/mol. The minimum absolute atomic E-state index is 0.698. The predicted octanol–water partition coefficient (Wildman–Crippen LogP) is 5.17. The molecular formula is C20H36N2O5Si4. The van der Waals surface area contributed by atoms with Crippen LogP contribution in [-0.2, 0) is 12.3 Å². The Morgan fingerprint density at radius 2 is 0.710 bits per heavy atom. The van der Waals surface area contributed by atoms with Gasteiger partial charge in [-0.05, 0) is 101 Å². The molecule has 0 aliphatic heterocycles. The van der Waals surface area contributed by atoms with Crippen LogP contribution in [-0.4, -0.2) is 34.2 Å². The van der Waals surface area contributed by atoms with Gasteiger partial charge in [-0.3, -0.25) is 0 Å². The summed E-state index contributed by atoms with van der Waals surface area (Å²) in [6.45, 7) is 16.2. The number of hydrogen-bond acceptors (Lipinski definition) is 7. The number of benzene rings is 2. The Balaban J connectivity index is 2.00. The fraction of sp³-hybridized carbons (Fsp3) is 0.400. The van der Waals surface area contributed by atoms with Crippen molar-refractivity contribution in [2.45, 2.75) is 52.4 Å². The fourth-order valence-corrected chi connectivity index (χ4v) is 20.5. The van der Waals surface area contributed by atoms with E-state index in [-0.39, 0.29) is 0 Å². The summed E-state index contributed by atoms with van der Waals surface area (Å²) in [5.74, 6) is 1.49. The van der Waals surface area contributed by atoms with E-state index in [1.165, 1.54) is 0 Å². The molecule has 0 unspecified atom stereocenters. The lowest BCUT2D eigenvalue weighted by Crippen LogP contribution is -2.58. The van der Waals surface area contributed by atoms with Crippen LogP contribution < -0.4 is 20.3 Å². The Hall–Kier alpha value is -1.61. The van der Waals surface area contributed by atoms with Gasteiger partial charge in [0.15, 0.2) is 0 Å². The summed E-state index contributed by atoms with van der Waals surface area (Å²) < 4.78 is 31.8. The summed E-state index contributed by atoms with van der Waals surface area (Å²) in [6.07, 6.45) is 0. The average Bonchev–Trinajstić information content (AvgIpc) is 2.55. The van der Waals surface area contributed by atoms with Gasteiger partial charge in [-0.1, -0.05) is 0 Å². The van der Waals surface area contributed by atoms with Crippen molar-refractivity contribution in [3.8, 4) is 11.5 Å². The summed E-state index contributed by atoms with van der Waals surface area (Å²) >= 11 is 0. The molecule has 31 heavy (non-hydrogen) atoms. The van der Waals surface area contributed by atoms with E-state index < -0.39 is 34.2 Å². The van der Waals surface area contributed by atoms with Crippen LogP contribution in [0.15, 0.2) is 48.5 Å². The van der Waals surface area contributed by atoms with Gasteiger partial charge in [0.1, 0.15) is 11.5 Å². The first kappa shape index (κ1) is 25.6. The quantitative estimate of drug-likeness (QED) is 0.346. The molecule has 0 fully saturated rings. The van der Waals surface area contributed by atoms with Crippen molar-refractivity contribution in [3.63, 3.8) is 0 Å². The first-order valence-corrected chi connectivity index (χ1v) is 21.5. The SMILES string of the molecule is C[Si](C)(Oc1ccc(N)cc1)O[Si](C)(C)O[Si](C)(C)O[Si](C)(C)Oc1ccc(N)cc1. The molecule has 0 radical (unpaired) electrons. The van der Waals surface area contributed by atoms with Crippen LogP contribution in [0, 0.1) is 0 Å². The maximum atomic E-state index is 6.51. The van der Waals surface area contributed by atoms with Gasteiger partial charge in [-0.15, -0.1) is 0 Å². The van der Waals surface area contributed by atoms with Crippen LogP contribution >= 0.6 is 0 Å². The molecule has 0 saturated carbocycles. The third-order valence-electron chi connectivity index (χ3n) is 3.96. The molecule has 0 aromatic heterocycles. The van der Waals surface area contributed by atoms with Crippen molar-refractivity contribution in [1.82, 2.24) is 0 Å². The molecule has 11 heteroatoms. The number of rotatable bonds is 10. The molecule has 0 aliphatic rings. The molecule has 2 rings (SSSR count). The highest BCUT2D eigenvalue weighted by atomic mass is 28.5. The van der Waals surface area contributed by atoms with Crippen LogP contribution in [0.4, 0.5) is 11.4 Å². The lowest BCUT2D eigenvalue weighted by atomic mass is 10.3. The van der Waals surface area contributed by atoms with Crippen molar-refractivity contribution >= 4 is 45.6 Å². The monoisotopic (exact) mass is 496 g/mol. The summed E-state index contributed by atoms with van der Waals surface area (Å²) in [5.41, 5.74) is 12.9. The lowest BCUT2D eigenvalue weighted by Gasteiger charge is -2.40. The smallest absolute Gasteiger partial charge is 0.383 e. The first-order chi connectivity index (χ1) is 14.1. The zero-order valence-electron chi connectivity index (χ0n) is 19.8. The zero-order chi connectivity index (χ0) is 23.5. The van der Waals surface area contributed by atoms with E-state index in [1.807, 2.05) is 101 Å². The van der Waals surface area contributed by atoms with Crippen LogP contribution in [0.25, 0.3) is 0 Å². The number of nitrogens with two attached hydrogens (primary N) is 2. The minimum atomic E-state index is -2.54. The highest BCUT2D eigenvalue weighted by molar-refractivity contribution is 6.87. The largest absolute Gasteiger partial charge is 0.521 e. The number of anilines is 2. The van der Waals surface area contributed by atoms with Crippen molar-refractivity contribution in [1.29, 1.82) is 0 Å². The van der Waals surface area contributed by atoms with E-state index in [1.54, 1.807) is 0 Å². The van der Waals surface area contributed by atoms with Gasteiger partial charge in [0.25, 0.3) is 0 Å². The Morgan fingerprint density at radius 3 is 1.00 bits per heavy atom. The zero-order valence-corrected chi connectivity index (χ0v) is 23.8. The van der Waals surface area contributed by atoms with Gasteiger partial charge < -0.3 is 32.7 Å². The summed E-state index contributed by atoms with van der Waals surface area (Å²) in [5, 5.41) is 0. The molecule has 2 aromatic carbocycles. The van der Waals surface area contributed by atoms with Crippen molar-refractivity contribution in [3.05, 3.63) is 48.5 Å². The van der Waals surface area contributed by atoms with Gasteiger partial charge in [0, 0.05) is 11.4 Å². The second-order valence-electron chi connectivity index (χ2n) is 9.25. The molecule has 0 atom stereocenters. The standard InChI is InChI=1S/C20H36N2O5Si4/c1-28(2,23-19-13-9-17(21)10-14-19)25-30(5,6)27-31(7,8)26-29(3,4)24-20-15-11-18(22)12-16-20/h9-16H,21-22H2,1-8H3. The molecule has 0 spiro atoms. The molecule has 172 valence electrons. The van der Waals surface area contributed by atoms with Gasteiger partial charge in [0.05, 0.1) is 0 Å². The second-order valence-corrected chi connectivity index (χ2v) is 23.3. The van der Waals surface area contributed by atoms with E-state index in [0.717, 1.165) is 11.5 Å². The summed E-state index contributed by atoms with van der Waals surface area (Å²) in [7, 11) is -10.1. The normalized spacial score (nSPS) is 13.2. The van der Waals surface area contributed by atoms with E-state index >= 15 is 0 Å². The van der Waals surface area contributed by atoms with Crippen LogP contribution in [0.5, 0.6) is 11.5 Å². The topological polar surface area (TPSA) is 98.2 Å². The first-order valence-electron chi connectivity index (χ1n) is 10.3. The summed E-state index contributed by atoms with van der Waals surface area (Å²) in [6, 6.07) is 14.7. The van der Waals surface area contributed by atoms with E-state index in [2.05, 4.69) is 0 Å². The van der Waals surface area contributed by atoms with Crippen molar-refractivity contribution in [2.24, 2.45) is 0 Å². The van der Waals surface area contributed by atoms with Gasteiger partial charge >= 0.3 is 34.2 Å². The number of nitrogen functional groups attached to an aromatic ring is 2. The number of hydrogen-bond donors (Lipinski definition) is 2. The maximum absolute atomic E-state index is 6.51.